The number of rotatable bonds is 3. The predicted molar refractivity (Wildman–Crippen MR) is 50.3 cm³/mol. The maximum absolute atomic E-state index is 5.06. The zero-order chi connectivity index (χ0) is 8.20. The van der Waals surface area contributed by atoms with Crippen molar-refractivity contribution >= 4 is 17.2 Å². The molecule has 0 aromatic rings. The van der Waals surface area contributed by atoms with Crippen LogP contribution in [0.4, 0.5) is 0 Å². The Morgan fingerprint density at radius 2 is 2.00 bits per heavy atom. The molecule has 0 aliphatic heterocycles. The van der Waals surface area contributed by atoms with Crippen molar-refractivity contribution in [3.8, 4) is 0 Å². The molecule has 0 aromatic heterocycles. The zero-order valence-electron chi connectivity index (χ0n) is 7.32. The van der Waals surface area contributed by atoms with E-state index in [9.17, 15) is 0 Å². The van der Waals surface area contributed by atoms with Crippen LogP contribution in [0.3, 0.4) is 0 Å². The van der Waals surface area contributed by atoms with Crippen molar-refractivity contribution in [2.24, 2.45) is 5.41 Å². The molecular formula is C8H17NS. The molecule has 0 amide bonds. The van der Waals surface area contributed by atoms with Crippen molar-refractivity contribution < 1.29 is 0 Å². The lowest BCUT2D eigenvalue weighted by atomic mass is 9.86. The average Bonchev–Trinajstić information content (AvgIpc) is 1.87. The quantitative estimate of drug-likeness (QED) is 0.634. The van der Waals surface area contributed by atoms with Gasteiger partial charge in [-0.05, 0) is 5.41 Å². The summed E-state index contributed by atoms with van der Waals surface area (Å²) < 4.78 is 0. The number of hydrogen-bond donors (Lipinski definition) is 1. The zero-order valence-corrected chi connectivity index (χ0v) is 8.14. The van der Waals surface area contributed by atoms with E-state index in [1.807, 2.05) is 7.05 Å². The van der Waals surface area contributed by atoms with Gasteiger partial charge in [0.05, 0.1) is 4.99 Å². The fourth-order valence-electron chi connectivity index (χ4n) is 0.648. The summed E-state index contributed by atoms with van der Waals surface area (Å²) >= 11 is 5.06. The Morgan fingerprint density at radius 3 is 2.30 bits per heavy atom. The molecule has 0 heterocycles. The number of thiocarbonyl (C=S) groups is 1. The largest absolute Gasteiger partial charge is 0.383 e. The average molecular weight is 159 g/mol. The first-order valence-electron chi connectivity index (χ1n) is 3.72. The lowest BCUT2D eigenvalue weighted by molar-refractivity contribution is 0.367. The second kappa shape index (κ2) is 3.91. The van der Waals surface area contributed by atoms with Crippen molar-refractivity contribution in [3.63, 3.8) is 0 Å². The minimum atomic E-state index is 0.361. The van der Waals surface area contributed by atoms with Crippen LogP contribution in [0.15, 0.2) is 0 Å². The summed E-state index contributed by atoms with van der Waals surface area (Å²) in [7, 11) is 1.88. The lowest BCUT2D eigenvalue weighted by Gasteiger charge is -2.22. The summed E-state index contributed by atoms with van der Waals surface area (Å²) in [5.74, 6) is 0. The van der Waals surface area contributed by atoms with Crippen molar-refractivity contribution in [2.75, 3.05) is 7.05 Å². The first-order valence-corrected chi connectivity index (χ1v) is 4.13. The van der Waals surface area contributed by atoms with Gasteiger partial charge in [-0.15, -0.1) is 0 Å². The first-order chi connectivity index (χ1) is 4.52. The second-order valence-corrected chi connectivity index (χ2v) is 3.86. The summed E-state index contributed by atoms with van der Waals surface area (Å²) in [6.07, 6.45) is 2.17. The van der Waals surface area contributed by atoms with Crippen LogP contribution in [0.2, 0.25) is 0 Å². The van der Waals surface area contributed by atoms with Crippen molar-refractivity contribution in [3.05, 3.63) is 0 Å². The molecule has 0 bridgehead atoms. The normalized spacial score (nSPS) is 11.2. The van der Waals surface area contributed by atoms with E-state index in [4.69, 9.17) is 12.2 Å². The molecule has 0 aromatic carbocycles. The van der Waals surface area contributed by atoms with Gasteiger partial charge in [-0.25, -0.2) is 0 Å². The van der Waals surface area contributed by atoms with Crippen LogP contribution < -0.4 is 5.32 Å². The molecule has 2 heteroatoms. The van der Waals surface area contributed by atoms with Crippen LogP contribution in [-0.2, 0) is 0 Å². The van der Waals surface area contributed by atoms with Crippen molar-refractivity contribution in [2.45, 2.75) is 33.6 Å². The highest BCUT2D eigenvalue weighted by atomic mass is 32.1. The summed E-state index contributed by atoms with van der Waals surface area (Å²) in [4.78, 5) is 0.965. The minimum absolute atomic E-state index is 0.361. The van der Waals surface area contributed by atoms with Gasteiger partial charge in [0.25, 0.3) is 0 Å². The highest BCUT2D eigenvalue weighted by Gasteiger charge is 2.16. The molecule has 0 spiro atoms. The number of nitrogens with one attached hydrogen (secondary N) is 1. The van der Waals surface area contributed by atoms with Crippen LogP contribution in [0.1, 0.15) is 33.6 Å². The predicted octanol–water partition coefficient (Wildman–Crippen LogP) is 2.36. The Hall–Kier alpha value is -0.110. The van der Waals surface area contributed by atoms with Gasteiger partial charge in [-0.1, -0.05) is 39.4 Å². The number of hydrogen-bond acceptors (Lipinski definition) is 1. The Bertz CT molecular complexity index is 118. The molecule has 0 saturated carbocycles. The Morgan fingerprint density at radius 1 is 1.50 bits per heavy atom. The molecule has 10 heavy (non-hydrogen) atoms. The standard InChI is InChI=1S/C8H17NS/c1-5-8(2,3)6-7(10)9-4/h5-6H2,1-4H3,(H,9,10). The summed E-state index contributed by atoms with van der Waals surface area (Å²) in [6, 6.07) is 0. The van der Waals surface area contributed by atoms with Gasteiger partial charge in [0, 0.05) is 13.5 Å². The molecule has 0 unspecified atom stereocenters. The summed E-state index contributed by atoms with van der Waals surface area (Å²) in [6.45, 7) is 6.66. The molecule has 1 N–H and O–H groups in total. The molecular weight excluding hydrogens is 142 g/mol. The minimum Gasteiger partial charge on any atom is -0.383 e. The molecule has 1 nitrogen and oxygen atoms in total. The van der Waals surface area contributed by atoms with E-state index in [1.54, 1.807) is 0 Å². The molecule has 0 saturated heterocycles. The fraction of sp³-hybridized carbons (Fsp3) is 0.875. The van der Waals surface area contributed by atoms with E-state index in [0.29, 0.717) is 5.41 Å². The molecule has 0 atom stereocenters. The van der Waals surface area contributed by atoms with Gasteiger partial charge >= 0.3 is 0 Å². The third-order valence-corrected chi connectivity index (χ3v) is 2.22. The maximum atomic E-state index is 5.06. The van der Waals surface area contributed by atoms with E-state index in [1.165, 1.54) is 6.42 Å². The topological polar surface area (TPSA) is 12.0 Å². The Kier molecular flexibility index (Phi) is 3.87. The van der Waals surface area contributed by atoms with Crippen LogP contribution >= 0.6 is 12.2 Å². The van der Waals surface area contributed by atoms with Gasteiger partial charge in [-0.2, -0.15) is 0 Å². The summed E-state index contributed by atoms with van der Waals surface area (Å²) in [5, 5.41) is 2.99. The Labute approximate surface area is 69.2 Å². The molecule has 0 aliphatic carbocycles. The van der Waals surface area contributed by atoms with Crippen LogP contribution in [0.25, 0.3) is 0 Å². The summed E-state index contributed by atoms with van der Waals surface area (Å²) in [5.41, 5.74) is 0.361. The highest BCUT2D eigenvalue weighted by Crippen LogP contribution is 2.24. The van der Waals surface area contributed by atoms with Crippen LogP contribution in [0.5, 0.6) is 0 Å². The molecule has 0 fully saturated rings. The van der Waals surface area contributed by atoms with Gasteiger partial charge < -0.3 is 5.32 Å². The van der Waals surface area contributed by atoms with Crippen LogP contribution in [0, 0.1) is 5.41 Å². The van der Waals surface area contributed by atoms with Gasteiger partial charge in [-0.3, -0.25) is 0 Å². The lowest BCUT2D eigenvalue weighted by Crippen LogP contribution is -2.23. The molecule has 60 valence electrons. The maximum Gasteiger partial charge on any atom is 0.0756 e. The van der Waals surface area contributed by atoms with Crippen molar-refractivity contribution in [1.82, 2.24) is 5.32 Å². The van der Waals surface area contributed by atoms with E-state index in [2.05, 4.69) is 26.1 Å². The van der Waals surface area contributed by atoms with E-state index < -0.39 is 0 Å². The van der Waals surface area contributed by atoms with E-state index in [0.717, 1.165) is 11.4 Å². The SMILES string of the molecule is CCC(C)(C)CC(=S)NC. The Balaban J connectivity index is 3.76. The highest BCUT2D eigenvalue weighted by molar-refractivity contribution is 7.80. The second-order valence-electron chi connectivity index (χ2n) is 3.37. The van der Waals surface area contributed by atoms with Gasteiger partial charge in [0.2, 0.25) is 0 Å². The van der Waals surface area contributed by atoms with Gasteiger partial charge in [0.1, 0.15) is 0 Å². The smallest absolute Gasteiger partial charge is 0.0756 e. The third-order valence-electron chi connectivity index (χ3n) is 1.88. The van der Waals surface area contributed by atoms with Crippen LogP contribution in [-0.4, -0.2) is 12.0 Å². The third kappa shape index (κ3) is 3.83. The first kappa shape index (κ1) is 9.89. The molecule has 0 aliphatic rings. The molecule has 0 radical (unpaired) electrons. The van der Waals surface area contributed by atoms with Gasteiger partial charge in [0.15, 0.2) is 0 Å². The van der Waals surface area contributed by atoms with E-state index >= 15 is 0 Å². The van der Waals surface area contributed by atoms with E-state index in [-0.39, 0.29) is 0 Å². The van der Waals surface area contributed by atoms with Crippen molar-refractivity contribution in [1.29, 1.82) is 0 Å². The molecule has 0 rings (SSSR count). The fourth-order valence-corrected chi connectivity index (χ4v) is 1.04. The monoisotopic (exact) mass is 159 g/mol.